The molecule has 2 heterocycles. The number of fused-ring (bicyclic) bond motifs is 1. The molecule has 29 heavy (non-hydrogen) atoms. The predicted molar refractivity (Wildman–Crippen MR) is 105 cm³/mol. The molecular weight excluding hydrogens is 374 g/mol. The van der Waals surface area contributed by atoms with Gasteiger partial charge in [-0.15, -0.1) is 0 Å². The van der Waals surface area contributed by atoms with Gasteiger partial charge in [-0.25, -0.2) is 0 Å². The standard InChI is InChI=1S/C22H21NO6/c1-27-11-5-10-23-19(15-8-9-16-17(12-15)29-13-28-16)18(21(25)22(23)26)20(24)14-6-3-2-4-7-14/h2-4,6-9,12,19,24H,5,10-11,13H2,1H3/b20-18-. The van der Waals surface area contributed by atoms with Crippen LogP contribution in [0.5, 0.6) is 11.5 Å². The highest BCUT2D eigenvalue weighted by Crippen LogP contribution is 2.42. The number of carbonyl (C=O) groups excluding carboxylic acids is 2. The summed E-state index contributed by atoms with van der Waals surface area (Å²) in [5.41, 5.74) is 1.22. The van der Waals surface area contributed by atoms with E-state index in [9.17, 15) is 14.7 Å². The van der Waals surface area contributed by atoms with Crippen LogP contribution in [0.3, 0.4) is 0 Å². The Bertz CT molecular complexity index is 969. The zero-order valence-electron chi connectivity index (χ0n) is 16.0. The number of nitrogens with zero attached hydrogens (tertiary/aromatic N) is 1. The van der Waals surface area contributed by atoms with Crippen molar-refractivity contribution in [1.29, 1.82) is 0 Å². The van der Waals surface area contributed by atoms with Crippen LogP contribution in [0.4, 0.5) is 0 Å². The molecule has 1 unspecified atom stereocenters. The first-order valence-electron chi connectivity index (χ1n) is 9.34. The summed E-state index contributed by atoms with van der Waals surface area (Å²) in [6, 6.07) is 13.3. The quantitative estimate of drug-likeness (QED) is 0.350. The number of ether oxygens (including phenoxy) is 3. The molecule has 2 aromatic rings. The molecule has 150 valence electrons. The molecule has 0 aromatic heterocycles. The largest absolute Gasteiger partial charge is 0.507 e. The van der Waals surface area contributed by atoms with E-state index >= 15 is 0 Å². The maximum Gasteiger partial charge on any atom is 0.295 e. The Kier molecular flexibility index (Phi) is 5.22. The van der Waals surface area contributed by atoms with Crippen molar-refractivity contribution < 1.29 is 28.9 Å². The maximum absolute atomic E-state index is 12.9. The first-order valence-corrected chi connectivity index (χ1v) is 9.34. The molecule has 0 radical (unpaired) electrons. The molecule has 2 aliphatic rings. The van der Waals surface area contributed by atoms with Crippen LogP contribution in [-0.2, 0) is 14.3 Å². The van der Waals surface area contributed by atoms with Crippen LogP contribution < -0.4 is 9.47 Å². The Hall–Kier alpha value is -3.32. The minimum absolute atomic E-state index is 0.0671. The van der Waals surface area contributed by atoms with Crippen LogP contribution in [-0.4, -0.2) is 48.8 Å². The summed E-state index contributed by atoms with van der Waals surface area (Å²) in [6.07, 6.45) is 0.565. The lowest BCUT2D eigenvalue weighted by molar-refractivity contribution is -0.140. The van der Waals surface area contributed by atoms with Gasteiger partial charge >= 0.3 is 0 Å². The van der Waals surface area contributed by atoms with Gasteiger partial charge in [0, 0.05) is 25.8 Å². The average Bonchev–Trinajstić information content (AvgIpc) is 3.31. The number of likely N-dealkylation sites (tertiary alicyclic amines) is 1. The second-order valence-electron chi connectivity index (χ2n) is 6.82. The fourth-order valence-electron chi connectivity index (χ4n) is 3.67. The highest BCUT2D eigenvalue weighted by Gasteiger charge is 2.46. The SMILES string of the molecule is COCCCN1C(=O)C(=O)/C(=C(\O)c2ccccc2)C1c1ccc2c(c1)OCO2. The van der Waals surface area contributed by atoms with Crippen molar-refractivity contribution in [1.82, 2.24) is 4.90 Å². The Morgan fingerprint density at radius 3 is 2.66 bits per heavy atom. The number of aliphatic hydroxyl groups is 1. The molecule has 0 aliphatic carbocycles. The second-order valence-corrected chi connectivity index (χ2v) is 6.82. The summed E-state index contributed by atoms with van der Waals surface area (Å²) in [5.74, 6) is -0.383. The predicted octanol–water partition coefficient (Wildman–Crippen LogP) is 2.87. The number of carbonyl (C=O) groups is 2. The Balaban J connectivity index is 1.81. The number of hydrogen-bond acceptors (Lipinski definition) is 6. The minimum atomic E-state index is -0.721. The lowest BCUT2D eigenvalue weighted by atomic mass is 9.95. The lowest BCUT2D eigenvalue weighted by Crippen LogP contribution is -2.31. The molecule has 2 aliphatic heterocycles. The van der Waals surface area contributed by atoms with E-state index in [0.29, 0.717) is 42.2 Å². The summed E-state index contributed by atoms with van der Waals surface area (Å²) < 4.78 is 15.9. The van der Waals surface area contributed by atoms with Crippen molar-refractivity contribution in [3.8, 4) is 11.5 Å². The molecule has 2 aromatic carbocycles. The number of methoxy groups -OCH3 is 1. The van der Waals surface area contributed by atoms with Gasteiger partial charge in [0.25, 0.3) is 11.7 Å². The maximum atomic E-state index is 12.9. The fraction of sp³-hybridized carbons (Fsp3) is 0.273. The molecule has 7 heteroatoms. The summed E-state index contributed by atoms with van der Waals surface area (Å²) in [4.78, 5) is 27.2. The van der Waals surface area contributed by atoms with Gasteiger partial charge in [-0.05, 0) is 24.1 Å². The zero-order valence-corrected chi connectivity index (χ0v) is 16.0. The third-order valence-corrected chi connectivity index (χ3v) is 5.05. The number of Topliss-reactive ketones (excluding diaryl/α,β-unsaturated/α-hetero) is 1. The number of rotatable bonds is 6. The normalized spacial score (nSPS) is 19.8. The van der Waals surface area contributed by atoms with Gasteiger partial charge in [0.1, 0.15) is 5.76 Å². The zero-order chi connectivity index (χ0) is 20.4. The van der Waals surface area contributed by atoms with Crippen molar-refractivity contribution in [2.75, 3.05) is 27.1 Å². The number of amides is 1. The number of hydrogen-bond donors (Lipinski definition) is 1. The first-order chi connectivity index (χ1) is 14.1. The fourth-order valence-corrected chi connectivity index (χ4v) is 3.67. The first kappa shape index (κ1) is 19.0. The van der Waals surface area contributed by atoms with Gasteiger partial charge in [-0.3, -0.25) is 9.59 Å². The van der Waals surface area contributed by atoms with Crippen molar-refractivity contribution in [2.24, 2.45) is 0 Å². The van der Waals surface area contributed by atoms with Crippen LogP contribution in [0.1, 0.15) is 23.6 Å². The van der Waals surface area contributed by atoms with E-state index in [1.54, 1.807) is 49.6 Å². The summed E-state index contributed by atoms with van der Waals surface area (Å²) in [7, 11) is 1.58. The highest BCUT2D eigenvalue weighted by molar-refractivity contribution is 6.46. The van der Waals surface area contributed by atoms with E-state index in [-0.39, 0.29) is 18.1 Å². The third-order valence-electron chi connectivity index (χ3n) is 5.05. The molecule has 0 spiro atoms. The monoisotopic (exact) mass is 395 g/mol. The van der Waals surface area contributed by atoms with E-state index in [1.165, 1.54) is 4.90 Å². The van der Waals surface area contributed by atoms with Crippen molar-refractivity contribution in [3.63, 3.8) is 0 Å². The average molecular weight is 395 g/mol. The van der Waals surface area contributed by atoms with E-state index in [1.807, 2.05) is 6.07 Å². The molecule has 1 fully saturated rings. The van der Waals surface area contributed by atoms with Gasteiger partial charge < -0.3 is 24.2 Å². The topological polar surface area (TPSA) is 85.3 Å². The van der Waals surface area contributed by atoms with Gasteiger partial charge in [-0.2, -0.15) is 0 Å². The molecule has 0 saturated carbocycles. The van der Waals surface area contributed by atoms with Gasteiger partial charge in [0.05, 0.1) is 11.6 Å². The molecule has 0 bridgehead atoms. The summed E-state index contributed by atoms with van der Waals surface area (Å²) >= 11 is 0. The third kappa shape index (κ3) is 3.45. The van der Waals surface area contributed by atoms with Gasteiger partial charge in [-0.1, -0.05) is 36.4 Å². The Morgan fingerprint density at radius 1 is 1.14 bits per heavy atom. The summed E-state index contributed by atoms with van der Waals surface area (Å²) in [6.45, 7) is 0.898. The Morgan fingerprint density at radius 2 is 1.90 bits per heavy atom. The van der Waals surface area contributed by atoms with Gasteiger partial charge in [0.2, 0.25) is 6.79 Å². The summed E-state index contributed by atoms with van der Waals surface area (Å²) in [5, 5.41) is 10.9. The van der Waals surface area contributed by atoms with Crippen LogP contribution in [0.2, 0.25) is 0 Å². The van der Waals surface area contributed by atoms with Crippen molar-refractivity contribution in [2.45, 2.75) is 12.5 Å². The van der Waals surface area contributed by atoms with Crippen molar-refractivity contribution in [3.05, 3.63) is 65.2 Å². The molecular formula is C22H21NO6. The smallest absolute Gasteiger partial charge is 0.295 e. The van der Waals surface area contributed by atoms with Crippen LogP contribution in [0.15, 0.2) is 54.1 Å². The van der Waals surface area contributed by atoms with E-state index < -0.39 is 17.7 Å². The highest BCUT2D eigenvalue weighted by atomic mass is 16.7. The molecule has 1 atom stereocenters. The van der Waals surface area contributed by atoms with Crippen LogP contribution in [0.25, 0.3) is 5.76 Å². The van der Waals surface area contributed by atoms with E-state index in [0.717, 1.165) is 0 Å². The van der Waals surface area contributed by atoms with Gasteiger partial charge in [0.15, 0.2) is 11.5 Å². The van der Waals surface area contributed by atoms with Crippen LogP contribution >= 0.6 is 0 Å². The molecule has 1 saturated heterocycles. The van der Waals surface area contributed by atoms with Crippen LogP contribution in [0, 0.1) is 0 Å². The van der Waals surface area contributed by atoms with Crippen molar-refractivity contribution >= 4 is 17.4 Å². The number of aliphatic hydroxyl groups excluding tert-OH is 1. The number of benzene rings is 2. The molecule has 1 amide bonds. The number of ketones is 1. The second kappa shape index (κ2) is 7.97. The molecule has 4 rings (SSSR count). The minimum Gasteiger partial charge on any atom is -0.507 e. The lowest BCUT2D eigenvalue weighted by Gasteiger charge is -2.25. The molecule has 7 nitrogen and oxygen atoms in total. The molecule has 1 N–H and O–H groups in total. The van der Waals surface area contributed by atoms with E-state index in [4.69, 9.17) is 14.2 Å². The Labute approximate surface area is 168 Å². The van der Waals surface area contributed by atoms with E-state index in [2.05, 4.69) is 0 Å².